The maximum atomic E-state index is 11.4. The van der Waals surface area contributed by atoms with E-state index in [1.54, 1.807) is 5.43 Å². The lowest BCUT2D eigenvalue weighted by atomic mass is 10.1. The molecule has 0 radical (unpaired) electrons. The minimum atomic E-state index is -2.40. The van der Waals surface area contributed by atoms with Gasteiger partial charge in [0.2, 0.25) is 0 Å². The molecule has 0 fully saturated rings. The monoisotopic (exact) mass is 272 g/mol. The first-order chi connectivity index (χ1) is 8.33. The van der Waals surface area contributed by atoms with E-state index in [-0.39, 0.29) is 11.3 Å². The van der Waals surface area contributed by atoms with Crippen LogP contribution in [0.3, 0.4) is 0 Å². The van der Waals surface area contributed by atoms with Gasteiger partial charge in [-0.1, -0.05) is 12.6 Å². The molecule has 0 saturated heterocycles. The van der Waals surface area contributed by atoms with E-state index in [0.29, 0.717) is 0 Å². The Morgan fingerprint density at radius 2 is 1.78 bits per heavy atom. The highest BCUT2D eigenvalue weighted by atomic mass is 32.1. The van der Waals surface area contributed by atoms with E-state index >= 15 is 0 Å². The van der Waals surface area contributed by atoms with Crippen LogP contribution in [0.5, 0.6) is 0 Å². The molecule has 0 spiro atoms. The average Bonchev–Trinajstić information content (AvgIpc) is 2.36. The van der Waals surface area contributed by atoms with Gasteiger partial charge in [0, 0.05) is 17.7 Å². The van der Waals surface area contributed by atoms with Crippen LogP contribution < -0.4 is 11.3 Å². The Morgan fingerprint density at radius 1 is 1.28 bits per heavy atom. The summed E-state index contributed by atoms with van der Waals surface area (Å²) in [6.45, 7) is 0. The summed E-state index contributed by atoms with van der Waals surface area (Å²) >= 11 is 3.70. The molecule has 1 rings (SSSR count). The molecule has 1 unspecified atom stereocenters. The Bertz CT molecular complexity index is 505. The number of hydrazine groups is 1. The Morgan fingerprint density at radius 3 is 2.11 bits per heavy atom. The third-order valence-corrected chi connectivity index (χ3v) is 2.82. The number of amides is 1. The molecule has 1 aromatic carbocycles. The lowest BCUT2D eigenvalue weighted by Crippen LogP contribution is -2.48. The van der Waals surface area contributed by atoms with Crippen molar-refractivity contribution in [3.63, 3.8) is 0 Å². The van der Waals surface area contributed by atoms with Gasteiger partial charge in [-0.2, -0.15) is 0 Å². The number of rotatable bonds is 4. The highest BCUT2D eigenvalue weighted by Gasteiger charge is 2.49. The number of non-ortho nitro benzene ring substituents is 1. The van der Waals surface area contributed by atoms with E-state index in [9.17, 15) is 25.0 Å². The van der Waals surface area contributed by atoms with Crippen molar-refractivity contribution >= 4 is 24.2 Å². The molecular weight excluding hydrogens is 264 g/mol. The van der Waals surface area contributed by atoms with Crippen molar-refractivity contribution < 1.29 is 14.6 Å². The van der Waals surface area contributed by atoms with E-state index in [1.165, 1.54) is 0 Å². The maximum Gasteiger partial charge on any atom is 0.367 e. The Labute approximate surface area is 106 Å². The molecule has 0 aliphatic heterocycles. The summed E-state index contributed by atoms with van der Waals surface area (Å²) in [5.41, 5.74) is 1.24. The number of carbonyl (C=O) groups is 1. The van der Waals surface area contributed by atoms with Crippen LogP contribution in [-0.4, -0.2) is 15.8 Å². The third-order valence-electron chi connectivity index (χ3n) is 2.19. The topological polar surface area (TPSA) is 141 Å². The molecule has 0 heterocycles. The van der Waals surface area contributed by atoms with Crippen molar-refractivity contribution in [3.05, 3.63) is 50.1 Å². The molecule has 0 aliphatic carbocycles. The normalized spacial score (nSPS) is 13.4. The van der Waals surface area contributed by atoms with E-state index < -0.39 is 20.6 Å². The van der Waals surface area contributed by atoms with Gasteiger partial charge in [-0.25, -0.2) is 5.84 Å². The highest BCUT2D eigenvalue weighted by molar-refractivity contribution is 7.82. The molecule has 3 N–H and O–H groups in total. The molecular formula is C8H8N4O5S. The zero-order chi connectivity index (χ0) is 13.9. The number of benzene rings is 1. The quantitative estimate of drug-likeness (QED) is 0.175. The minimum Gasteiger partial charge on any atom is -0.287 e. The lowest BCUT2D eigenvalue weighted by molar-refractivity contribution is -0.529. The summed E-state index contributed by atoms with van der Waals surface area (Å²) < 4.78 is 0. The van der Waals surface area contributed by atoms with E-state index in [2.05, 4.69) is 12.6 Å². The van der Waals surface area contributed by atoms with Crippen molar-refractivity contribution in [3.8, 4) is 0 Å². The molecule has 0 bridgehead atoms. The molecule has 0 saturated carbocycles. The molecule has 0 aliphatic rings. The molecule has 1 aromatic rings. The zero-order valence-corrected chi connectivity index (χ0v) is 9.66. The summed E-state index contributed by atoms with van der Waals surface area (Å²) in [7, 11) is 0. The van der Waals surface area contributed by atoms with Gasteiger partial charge in [0.05, 0.1) is 9.85 Å². The average molecular weight is 272 g/mol. The van der Waals surface area contributed by atoms with Crippen LogP contribution in [0.15, 0.2) is 24.3 Å². The number of hydrogen-bond donors (Lipinski definition) is 3. The number of nitrogens with one attached hydrogen (secondary N) is 1. The van der Waals surface area contributed by atoms with Crippen molar-refractivity contribution in [2.45, 2.75) is 4.87 Å². The fourth-order valence-electron chi connectivity index (χ4n) is 1.24. The smallest absolute Gasteiger partial charge is 0.287 e. The summed E-state index contributed by atoms with van der Waals surface area (Å²) in [6, 6.07) is 4.22. The fraction of sp³-hybridized carbons (Fsp3) is 0.125. The third kappa shape index (κ3) is 2.24. The van der Waals surface area contributed by atoms with E-state index in [0.717, 1.165) is 24.3 Å². The number of nitro benzene ring substituents is 1. The summed E-state index contributed by atoms with van der Waals surface area (Å²) in [5.74, 6) is 3.70. The first kappa shape index (κ1) is 13.9. The molecule has 1 amide bonds. The van der Waals surface area contributed by atoms with Gasteiger partial charge in [0.1, 0.15) is 0 Å². The second kappa shape index (κ2) is 4.98. The van der Waals surface area contributed by atoms with Crippen LogP contribution >= 0.6 is 12.6 Å². The zero-order valence-electron chi connectivity index (χ0n) is 8.77. The molecule has 18 heavy (non-hydrogen) atoms. The summed E-state index contributed by atoms with van der Waals surface area (Å²) in [6.07, 6.45) is 0. The van der Waals surface area contributed by atoms with Crippen molar-refractivity contribution in [1.29, 1.82) is 0 Å². The molecule has 96 valence electrons. The van der Waals surface area contributed by atoms with Gasteiger partial charge in [0.15, 0.2) is 0 Å². The molecule has 10 heteroatoms. The standard InChI is InChI=1S/C8H8N4O5S/c9-10-7(13)8(18,12(16)17)5-1-3-6(4-2-5)11(14)15/h1-4,18H,9H2,(H,10,13). The Hall–Kier alpha value is -2.20. The van der Waals surface area contributed by atoms with Crippen molar-refractivity contribution in [2.75, 3.05) is 0 Å². The Kier molecular flexibility index (Phi) is 3.83. The highest BCUT2D eigenvalue weighted by Crippen LogP contribution is 2.30. The van der Waals surface area contributed by atoms with E-state index in [4.69, 9.17) is 5.84 Å². The minimum absolute atomic E-state index is 0.135. The first-order valence-corrected chi connectivity index (χ1v) is 4.91. The number of carbonyl (C=O) groups excluding carboxylic acids is 1. The number of hydrogen-bond acceptors (Lipinski definition) is 7. The van der Waals surface area contributed by atoms with Crippen molar-refractivity contribution in [1.82, 2.24) is 5.43 Å². The molecule has 1 atom stereocenters. The first-order valence-electron chi connectivity index (χ1n) is 4.47. The number of thiol groups is 1. The van der Waals surface area contributed by atoms with Gasteiger partial charge in [0.25, 0.3) is 5.69 Å². The lowest BCUT2D eigenvalue weighted by Gasteiger charge is -2.17. The van der Waals surface area contributed by atoms with Crippen LogP contribution in [0, 0.1) is 20.2 Å². The number of nitrogens with two attached hydrogens (primary N) is 1. The van der Waals surface area contributed by atoms with Crippen LogP contribution in [0.1, 0.15) is 5.56 Å². The van der Waals surface area contributed by atoms with Crippen LogP contribution in [0.2, 0.25) is 0 Å². The van der Waals surface area contributed by atoms with E-state index in [1.807, 2.05) is 0 Å². The van der Waals surface area contributed by atoms with Crippen LogP contribution in [0.25, 0.3) is 0 Å². The second-order valence-corrected chi connectivity index (χ2v) is 3.85. The maximum absolute atomic E-state index is 11.4. The van der Waals surface area contributed by atoms with Gasteiger partial charge >= 0.3 is 10.8 Å². The largest absolute Gasteiger partial charge is 0.367 e. The molecule has 0 aromatic heterocycles. The van der Waals surface area contributed by atoms with Gasteiger partial charge in [-0.3, -0.25) is 30.4 Å². The Balaban J connectivity index is 3.27. The fourth-order valence-corrected chi connectivity index (χ4v) is 1.45. The van der Waals surface area contributed by atoms with Gasteiger partial charge in [-0.15, -0.1) is 0 Å². The molecule has 9 nitrogen and oxygen atoms in total. The summed E-state index contributed by atoms with van der Waals surface area (Å²) in [4.78, 5) is 28.8. The van der Waals surface area contributed by atoms with Gasteiger partial charge < -0.3 is 0 Å². The van der Waals surface area contributed by atoms with Crippen LogP contribution in [0.4, 0.5) is 5.69 Å². The van der Waals surface area contributed by atoms with Crippen molar-refractivity contribution in [2.24, 2.45) is 5.84 Å². The number of nitrogens with zero attached hydrogens (tertiary/aromatic N) is 2. The predicted molar refractivity (Wildman–Crippen MR) is 63.1 cm³/mol. The second-order valence-electron chi connectivity index (χ2n) is 3.21. The predicted octanol–water partition coefficient (Wildman–Crippen LogP) is -0.0560. The number of nitro groups is 2. The summed E-state index contributed by atoms with van der Waals surface area (Å²) in [5, 5.41) is 21.4. The van der Waals surface area contributed by atoms with Gasteiger partial charge in [-0.05, 0) is 12.1 Å². The van der Waals surface area contributed by atoms with Crippen LogP contribution in [-0.2, 0) is 9.67 Å². The SMILES string of the molecule is NNC(=O)C(S)(c1ccc([N+](=O)[O-])cc1)[N+](=O)[O-].